The first kappa shape index (κ1) is 12.2. The lowest BCUT2D eigenvalue weighted by Crippen LogP contribution is -2.45. The molecule has 1 atom stereocenters. The predicted octanol–water partition coefficient (Wildman–Crippen LogP) is 1.59. The van der Waals surface area contributed by atoms with Crippen molar-refractivity contribution in [3.05, 3.63) is 29.6 Å². The fourth-order valence-electron chi connectivity index (χ4n) is 1.14. The van der Waals surface area contributed by atoms with Crippen molar-refractivity contribution in [3.8, 4) is 0 Å². The van der Waals surface area contributed by atoms with E-state index in [4.69, 9.17) is 5.11 Å². The Kier molecular flexibility index (Phi) is 3.27. The van der Waals surface area contributed by atoms with E-state index in [2.05, 4.69) is 5.32 Å². The summed E-state index contributed by atoms with van der Waals surface area (Å²) >= 11 is 0. The maximum Gasteiger partial charge on any atom is 0.336 e. The molecular weight excluding hydrogens is 213 g/mol. The molecule has 1 aromatic rings. The van der Waals surface area contributed by atoms with Gasteiger partial charge < -0.3 is 15.2 Å². The Balaban J connectivity index is 3.07. The van der Waals surface area contributed by atoms with Crippen molar-refractivity contribution >= 4 is 17.9 Å². The molecule has 0 spiro atoms. The van der Waals surface area contributed by atoms with E-state index in [0.717, 1.165) is 6.07 Å². The molecule has 5 heteroatoms. The molecule has 16 heavy (non-hydrogen) atoms. The van der Waals surface area contributed by atoms with Crippen LogP contribution in [0.3, 0.4) is 0 Å². The first-order valence-corrected chi connectivity index (χ1v) is 4.63. The van der Waals surface area contributed by atoms with Crippen molar-refractivity contribution in [3.63, 3.8) is 0 Å². The molecule has 0 fully saturated rings. The van der Waals surface area contributed by atoms with Gasteiger partial charge in [0.2, 0.25) is 0 Å². The molecule has 0 radical (unpaired) electrons. The Bertz CT molecular complexity index is 433. The Labute approximate surface area is 92.1 Å². The highest BCUT2D eigenvalue weighted by atomic mass is 19.1. The molecule has 0 saturated heterocycles. The number of anilines is 1. The fraction of sp³-hybridized carbons (Fsp3) is 0.273. The summed E-state index contributed by atoms with van der Waals surface area (Å²) in [5.41, 5.74) is -0.800. The number of hydrogen-bond acceptors (Lipinski definition) is 3. The van der Waals surface area contributed by atoms with E-state index < -0.39 is 17.3 Å². The zero-order valence-corrected chi connectivity index (χ0v) is 8.95. The summed E-state index contributed by atoms with van der Waals surface area (Å²) in [6.45, 7) is 2.90. The number of benzene rings is 1. The van der Waals surface area contributed by atoms with Crippen LogP contribution in [0.15, 0.2) is 18.2 Å². The Morgan fingerprint density at radius 2 is 2.19 bits per heavy atom. The van der Waals surface area contributed by atoms with Gasteiger partial charge in [-0.05, 0) is 31.5 Å². The number of aliphatic carboxylic acids is 1. The van der Waals surface area contributed by atoms with Crippen LogP contribution >= 0.6 is 0 Å². The largest absolute Gasteiger partial charge is 0.479 e. The number of carbonyl (C=O) groups is 2. The summed E-state index contributed by atoms with van der Waals surface area (Å²) in [5.74, 6) is -1.81. The van der Waals surface area contributed by atoms with E-state index >= 15 is 0 Å². The number of hydrogen-bond donors (Lipinski definition) is 2. The molecule has 1 rings (SSSR count). The normalized spacial score (nSPS) is 13.9. The number of carbonyl (C=O) groups excluding carboxylic acids is 1. The third kappa shape index (κ3) is 2.36. The van der Waals surface area contributed by atoms with E-state index in [1.807, 2.05) is 0 Å². The number of carboxylic acid groups (broad SMARTS) is 1. The summed E-state index contributed by atoms with van der Waals surface area (Å²) in [5, 5.41) is 11.4. The minimum atomic E-state index is -1.75. The van der Waals surface area contributed by atoms with Crippen LogP contribution in [-0.4, -0.2) is 22.9 Å². The topological polar surface area (TPSA) is 66.4 Å². The van der Waals surface area contributed by atoms with Gasteiger partial charge in [-0.15, -0.1) is 0 Å². The van der Waals surface area contributed by atoms with Gasteiger partial charge in [-0.1, -0.05) is 6.07 Å². The summed E-state index contributed by atoms with van der Waals surface area (Å²) in [6.07, 6.45) is 0.277. The Morgan fingerprint density at radius 3 is 2.69 bits per heavy atom. The third-order valence-electron chi connectivity index (χ3n) is 2.27. The average molecular weight is 225 g/mol. The lowest BCUT2D eigenvalue weighted by molar-refractivity contribution is -0.143. The first-order chi connectivity index (χ1) is 7.39. The van der Waals surface area contributed by atoms with Crippen molar-refractivity contribution in [1.82, 2.24) is 0 Å². The summed E-state index contributed by atoms with van der Waals surface area (Å²) in [4.78, 5) is 21.6. The highest BCUT2D eigenvalue weighted by molar-refractivity contribution is 6.00. The minimum Gasteiger partial charge on any atom is -0.479 e. The molecule has 0 aliphatic rings. The molecule has 0 aliphatic heterocycles. The van der Waals surface area contributed by atoms with Crippen LogP contribution in [0.1, 0.15) is 12.5 Å². The lowest BCUT2D eigenvalue weighted by atomic mass is 10.0. The van der Waals surface area contributed by atoms with E-state index in [1.54, 1.807) is 6.92 Å². The second-order valence-corrected chi connectivity index (χ2v) is 3.71. The highest BCUT2D eigenvalue weighted by Crippen LogP contribution is 2.20. The third-order valence-corrected chi connectivity index (χ3v) is 2.27. The van der Waals surface area contributed by atoms with Crippen molar-refractivity contribution < 1.29 is 19.1 Å². The molecule has 86 valence electrons. The minimum absolute atomic E-state index is 0.277. The second kappa shape index (κ2) is 4.30. The van der Waals surface area contributed by atoms with E-state index in [0.29, 0.717) is 5.56 Å². The molecule has 0 amide bonds. The fourth-order valence-corrected chi connectivity index (χ4v) is 1.14. The molecule has 4 nitrogen and oxygen atoms in total. The highest BCUT2D eigenvalue weighted by Gasteiger charge is 2.33. The van der Waals surface area contributed by atoms with Gasteiger partial charge in [0.1, 0.15) is 5.82 Å². The number of rotatable bonds is 4. The first-order valence-electron chi connectivity index (χ1n) is 4.63. The smallest absolute Gasteiger partial charge is 0.336 e. The predicted molar refractivity (Wildman–Crippen MR) is 56.9 cm³/mol. The summed E-state index contributed by atoms with van der Waals surface area (Å²) in [6, 6.07) is 3.92. The van der Waals surface area contributed by atoms with Gasteiger partial charge in [0, 0.05) is 5.69 Å². The summed E-state index contributed by atoms with van der Waals surface area (Å²) in [7, 11) is 0. The standard InChI is InChI=1S/C11H12FNO3/c1-7-3-4-8(12)5-9(7)13-11(2,6-14)10(15)16/h3-6,13H,1-2H3,(H,15,16). The van der Waals surface area contributed by atoms with Gasteiger partial charge >= 0.3 is 5.97 Å². The zero-order valence-electron chi connectivity index (χ0n) is 8.95. The Hall–Kier alpha value is -1.91. The van der Waals surface area contributed by atoms with E-state index in [-0.39, 0.29) is 12.0 Å². The van der Waals surface area contributed by atoms with Crippen LogP contribution in [0.5, 0.6) is 0 Å². The van der Waals surface area contributed by atoms with Gasteiger partial charge in [0.15, 0.2) is 11.8 Å². The van der Waals surface area contributed by atoms with Crippen LogP contribution in [0.25, 0.3) is 0 Å². The molecule has 0 saturated carbocycles. The zero-order chi connectivity index (χ0) is 12.3. The van der Waals surface area contributed by atoms with Crippen molar-refractivity contribution in [2.24, 2.45) is 0 Å². The molecule has 1 aromatic carbocycles. The van der Waals surface area contributed by atoms with Gasteiger partial charge in [-0.2, -0.15) is 0 Å². The van der Waals surface area contributed by atoms with E-state index in [9.17, 15) is 14.0 Å². The maximum absolute atomic E-state index is 13.0. The van der Waals surface area contributed by atoms with Crippen molar-refractivity contribution in [2.75, 3.05) is 5.32 Å². The number of aryl methyl sites for hydroxylation is 1. The number of halogens is 1. The Morgan fingerprint density at radius 1 is 1.56 bits per heavy atom. The van der Waals surface area contributed by atoms with Crippen LogP contribution in [0.4, 0.5) is 10.1 Å². The number of aldehydes is 1. The molecular formula is C11H12FNO3. The SMILES string of the molecule is Cc1ccc(F)cc1NC(C)(C=O)C(=O)O. The molecule has 0 aliphatic carbocycles. The lowest BCUT2D eigenvalue weighted by Gasteiger charge is -2.22. The number of carboxylic acids is 1. The molecule has 0 heterocycles. The van der Waals surface area contributed by atoms with Crippen LogP contribution in [0.2, 0.25) is 0 Å². The second-order valence-electron chi connectivity index (χ2n) is 3.71. The average Bonchev–Trinajstić information content (AvgIpc) is 2.23. The molecule has 0 aromatic heterocycles. The van der Waals surface area contributed by atoms with Gasteiger partial charge in [0.05, 0.1) is 0 Å². The molecule has 1 unspecified atom stereocenters. The quantitative estimate of drug-likeness (QED) is 0.603. The van der Waals surface area contributed by atoms with Crippen molar-refractivity contribution in [1.29, 1.82) is 0 Å². The van der Waals surface area contributed by atoms with Crippen LogP contribution in [-0.2, 0) is 9.59 Å². The van der Waals surface area contributed by atoms with Crippen LogP contribution in [0, 0.1) is 12.7 Å². The van der Waals surface area contributed by atoms with Gasteiger partial charge in [-0.25, -0.2) is 9.18 Å². The van der Waals surface area contributed by atoms with E-state index in [1.165, 1.54) is 19.1 Å². The van der Waals surface area contributed by atoms with Crippen molar-refractivity contribution in [2.45, 2.75) is 19.4 Å². The van der Waals surface area contributed by atoms with Crippen LogP contribution < -0.4 is 5.32 Å². The van der Waals surface area contributed by atoms with Gasteiger partial charge in [0.25, 0.3) is 0 Å². The summed E-state index contributed by atoms with van der Waals surface area (Å²) < 4.78 is 13.0. The maximum atomic E-state index is 13.0. The molecule has 2 N–H and O–H groups in total. The monoisotopic (exact) mass is 225 g/mol. The molecule has 0 bridgehead atoms. The van der Waals surface area contributed by atoms with Gasteiger partial charge in [-0.3, -0.25) is 0 Å². The number of nitrogens with one attached hydrogen (secondary N) is 1.